The standard InChI is InChI=1S/C20H16FN3O4/c21-15-8-6-14(7-9-15)16(11-25)18-22-10-17(19(26)24-18)23-20(27)28-12-13-4-2-1-3-5-13/h1-11,16H,12H2,(H,23,27)(H,22,24,26). The second-order valence-electron chi connectivity index (χ2n) is 5.86. The first-order valence-corrected chi connectivity index (χ1v) is 8.34. The van der Waals surface area contributed by atoms with Gasteiger partial charge in [0.25, 0.3) is 5.56 Å². The van der Waals surface area contributed by atoms with Crippen molar-refractivity contribution in [2.45, 2.75) is 12.5 Å². The second-order valence-corrected chi connectivity index (χ2v) is 5.86. The molecular weight excluding hydrogens is 365 g/mol. The van der Waals surface area contributed by atoms with Crippen molar-refractivity contribution in [3.8, 4) is 0 Å². The van der Waals surface area contributed by atoms with E-state index < -0.39 is 23.4 Å². The average molecular weight is 381 g/mol. The Morgan fingerprint density at radius 3 is 2.54 bits per heavy atom. The van der Waals surface area contributed by atoms with E-state index in [1.165, 1.54) is 24.3 Å². The summed E-state index contributed by atoms with van der Waals surface area (Å²) in [6.07, 6.45) is 0.916. The Balaban J connectivity index is 1.69. The third-order valence-corrected chi connectivity index (χ3v) is 3.93. The fourth-order valence-electron chi connectivity index (χ4n) is 2.50. The van der Waals surface area contributed by atoms with Gasteiger partial charge in [0.1, 0.15) is 30.2 Å². The summed E-state index contributed by atoms with van der Waals surface area (Å²) in [6.45, 7) is 0.0495. The monoisotopic (exact) mass is 381 g/mol. The van der Waals surface area contributed by atoms with Crippen LogP contribution in [0.4, 0.5) is 14.9 Å². The summed E-state index contributed by atoms with van der Waals surface area (Å²) in [6, 6.07) is 14.4. The van der Waals surface area contributed by atoms with Crippen molar-refractivity contribution in [1.29, 1.82) is 0 Å². The van der Waals surface area contributed by atoms with E-state index in [-0.39, 0.29) is 18.1 Å². The summed E-state index contributed by atoms with van der Waals surface area (Å²) < 4.78 is 18.1. The van der Waals surface area contributed by atoms with E-state index in [0.717, 1.165) is 11.8 Å². The topological polar surface area (TPSA) is 101 Å². The van der Waals surface area contributed by atoms with Crippen LogP contribution < -0.4 is 10.9 Å². The van der Waals surface area contributed by atoms with Gasteiger partial charge < -0.3 is 14.5 Å². The zero-order valence-corrected chi connectivity index (χ0v) is 14.6. The van der Waals surface area contributed by atoms with Gasteiger partial charge in [0, 0.05) is 0 Å². The SMILES string of the molecule is O=CC(c1ccc(F)cc1)c1ncc(NC(=O)OCc2ccccc2)c(=O)[nH]1. The van der Waals surface area contributed by atoms with E-state index in [1.54, 1.807) is 12.1 Å². The van der Waals surface area contributed by atoms with Crippen LogP contribution in [0.5, 0.6) is 0 Å². The summed E-state index contributed by atoms with van der Waals surface area (Å²) in [7, 11) is 0. The van der Waals surface area contributed by atoms with Crippen molar-refractivity contribution < 1.29 is 18.7 Å². The molecule has 0 saturated carbocycles. The lowest BCUT2D eigenvalue weighted by Gasteiger charge is -2.11. The maximum atomic E-state index is 13.1. The number of aldehydes is 1. The van der Waals surface area contributed by atoms with E-state index in [4.69, 9.17) is 4.74 Å². The number of anilines is 1. The number of carbonyl (C=O) groups is 2. The van der Waals surface area contributed by atoms with Crippen molar-refractivity contribution in [2.75, 3.05) is 5.32 Å². The maximum Gasteiger partial charge on any atom is 0.412 e. The highest BCUT2D eigenvalue weighted by atomic mass is 19.1. The summed E-state index contributed by atoms with van der Waals surface area (Å²) >= 11 is 0. The molecule has 8 heteroatoms. The first-order valence-electron chi connectivity index (χ1n) is 8.34. The maximum absolute atomic E-state index is 13.1. The molecule has 0 radical (unpaired) electrons. The summed E-state index contributed by atoms with van der Waals surface area (Å²) in [5, 5.41) is 2.31. The van der Waals surface area contributed by atoms with Crippen LogP contribution >= 0.6 is 0 Å². The number of aromatic nitrogens is 2. The number of halogens is 1. The molecule has 0 spiro atoms. The van der Waals surface area contributed by atoms with Gasteiger partial charge in [-0.05, 0) is 23.3 Å². The molecule has 1 unspecified atom stereocenters. The zero-order chi connectivity index (χ0) is 19.9. The summed E-state index contributed by atoms with van der Waals surface area (Å²) in [4.78, 5) is 42.0. The van der Waals surface area contributed by atoms with Crippen molar-refractivity contribution in [3.05, 3.63) is 93.9 Å². The fourth-order valence-corrected chi connectivity index (χ4v) is 2.50. The van der Waals surface area contributed by atoms with Gasteiger partial charge in [-0.15, -0.1) is 0 Å². The van der Waals surface area contributed by atoms with Gasteiger partial charge >= 0.3 is 6.09 Å². The Morgan fingerprint density at radius 1 is 1.18 bits per heavy atom. The second kappa shape index (κ2) is 8.72. The lowest BCUT2D eigenvalue weighted by Crippen LogP contribution is -2.23. The van der Waals surface area contributed by atoms with E-state index in [0.29, 0.717) is 11.8 Å². The van der Waals surface area contributed by atoms with Gasteiger partial charge in [-0.1, -0.05) is 42.5 Å². The van der Waals surface area contributed by atoms with Crippen molar-refractivity contribution in [2.24, 2.45) is 0 Å². The molecule has 0 fully saturated rings. The van der Waals surface area contributed by atoms with Crippen LogP contribution in [0.15, 0.2) is 65.6 Å². The number of rotatable bonds is 6. The van der Waals surface area contributed by atoms with Gasteiger partial charge in [0.05, 0.1) is 12.1 Å². The molecule has 0 aliphatic carbocycles. The molecule has 3 rings (SSSR count). The van der Waals surface area contributed by atoms with Crippen LogP contribution in [-0.2, 0) is 16.1 Å². The van der Waals surface area contributed by atoms with Crippen LogP contribution in [0.25, 0.3) is 0 Å². The molecule has 0 bridgehead atoms. The van der Waals surface area contributed by atoms with Crippen molar-refractivity contribution >= 4 is 18.1 Å². The van der Waals surface area contributed by atoms with Crippen LogP contribution in [0.3, 0.4) is 0 Å². The number of aromatic amines is 1. The number of ether oxygens (including phenoxy) is 1. The van der Waals surface area contributed by atoms with Crippen molar-refractivity contribution in [1.82, 2.24) is 9.97 Å². The third-order valence-electron chi connectivity index (χ3n) is 3.93. The molecule has 142 valence electrons. The van der Waals surface area contributed by atoms with E-state index in [2.05, 4.69) is 15.3 Å². The Kier molecular flexibility index (Phi) is 5.91. The van der Waals surface area contributed by atoms with Gasteiger partial charge in [-0.2, -0.15) is 0 Å². The fraction of sp³-hybridized carbons (Fsp3) is 0.100. The van der Waals surface area contributed by atoms with Gasteiger partial charge in [0.15, 0.2) is 0 Å². The Bertz CT molecular complexity index is 1020. The number of benzene rings is 2. The minimum absolute atomic E-state index is 0.0495. The smallest absolute Gasteiger partial charge is 0.412 e. The molecule has 2 aromatic carbocycles. The van der Waals surface area contributed by atoms with Gasteiger partial charge in [-0.25, -0.2) is 14.2 Å². The summed E-state index contributed by atoms with van der Waals surface area (Å²) in [5.74, 6) is -1.23. The highest BCUT2D eigenvalue weighted by Gasteiger charge is 2.17. The van der Waals surface area contributed by atoms with Crippen LogP contribution in [-0.4, -0.2) is 22.3 Å². The van der Waals surface area contributed by atoms with Crippen LogP contribution in [0.2, 0.25) is 0 Å². The number of amides is 1. The number of nitrogens with zero attached hydrogens (tertiary/aromatic N) is 1. The first kappa shape index (κ1) is 19.0. The largest absolute Gasteiger partial charge is 0.444 e. The normalized spacial score (nSPS) is 11.5. The van der Waals surface area contributed by atoms with Gasteiger partial charge in [-0.3, -0.25) is 10.1 Å². The molecule has 1 atom stereocenters. The quantitative estimate of drug-likeness (QED) is 0.639. The zero-order valence-electron chi connectivity index (χ0n) is 14.6. The number of hydrogen-bond acceptors (Lipinski definition) is 5. The minimum Gasteiger partial charge on any atom is -0.444 e. The van der Waals surface area contributed by atoms with Crippen LogP contribution in [0.1, 0.15) is 22.9 Å². The van der Waals surface area contributed by atoms with Crippen molar-refractivity contribution in [3.63, 3.8) is 0 Å². The third kappa shape index (κ3) is 4.67. The molecular formula is C20H16FN3O4. The Morgan fingerprint density at radius 2 is 1.89 bits per heavy atom. The number of H-pyrrole nitrogens is 1. The van der Waals surface area contributed by atoms with E-state index in [9.17, 15) is 18.8 Å². The van der Waals surface area contributed by atoms with E-state index in [1.807, 2.05) is 18.2 Å². The molecule has 2 N–H and O–H groups in total. The molecule has 3 aromatic rings. The molecule has 1 heterocycles. The summed E-state index contributed by atoms with van der Waals surface area (Å²) in [5.41, 5.74) is 0.511. The Labute approximate surface area is 159 Å². The number of carbonyl (C=O) groups excluding carboxylic acids is 2. The molecule has 28 heavy (non-hydrogen) atoms. The molecule has 7 nitrogen and oxygen atoms in total. The predicted octanol–water partition coefficient (Wildman–Crippen LogP) is 2.99. The first-order chi connectivity index (χ1) is 13.6. The number of hydrogen-bond donors (Lipinski definition) is 2. The molecule has 0 aliphatic rings. The van der Waals surface area contributed by atoms with Gasteiger partial charge in [0.2, 0.25) is 0 Å². The highest BCUT2D eigenvalue weighted by molar-refractivity contribution is 5.84. The lowest BCUT2D eigenvalue weighted by atomic mass is 10.00. The lowest BCUT2D eigenvalue weighted by molar-refractivity contribution is -0.108. The number of nitrogens with one attached hydrogen (secondary N) is 2. The Hall–Kier alpha value is -3.81. The minimum atomic E-state index is -0.868. The molecule has 0 aliphatic heterocycles. The molecule has 1 aromatic heterocycles. The average Bonchev–Trinajstić information content (AvgIpc) is 2.71. The van der Waals surface area contributed by atoms with E-state index >= 15 is 0 Å². The highest BCUT2D eigenvalue weighted by Crippen LogP contribution is 2.19. The van der Waals surface area contributed by atoms with Crippen LogP contribution in [0, 0.1) is 5.82 Å². The molecule has 0 saturated heterocycles. The predicted molar refractivity (Wildman–Crippen MR) is 99.4 cm³/mol. The molecule has 1 amide bonds.